The quantitative estimate of drug-likeness (QED) is 0.383. The van der Waals surface area contributed by atoms with Crippen molar-refractivity contribution in [3.63, 3.8) is 0 Å². The van der Waals surface area contributed by atoms with E-state index in [1.807, 2.05) is 0 Å². The van der Waals surface area contributed by atoms with Crippen molar-refractivity contribution in [2.45, 2.75) is 32.4 Å². The van der Waals surface area contributed by atoms with Gasteiger partial charge in [0.05, 0.1) is 0 Å². The van der Waals surface area contributed by atoms with Crippen molar-refractivity contribution < 1.29 is 4.43 Å². The summed E-state index contributed by atoms with van der Waals surface area (Å²) >= 11 is 3.40. The van der Waals surface area contributed by atoms with Gasteiger partial charge < -0.3 is 4.43 Å². The molecule has 0 aromatic carbocycles. The third-order valence-electron chi connectivity index (χ3n) is 1.23. The van der Waals surface area contributed by atoms with E-state index in [9.17, 15) is 0 Å². The molecule has 10 heavy (non-hydrogen) atoms. The molecule has 0 aromatic heterocycles. The van der Waals surface area contributed by atoms with Crippen LogP contribution in [0, 0.1) is 0 Å². The summed E-state index contributed by atoms with van der Waals surface area (Å²) in [6.07, 6.45) is 3.81. The molecule has 0 amide bonds. The molecule has 0 aliphatic heterocycles. The second kappa shape index (κ2) is 7.76. The van der Waals surface area contributed by atoms with Gasteiger partial charge in [0.2, 0.25) is 0 Å². The first-order chi connectivity index (χ1) is 4.77. The van der Waals surface area contributed by atoms with Crippen molar-refractivity contribution in [3.8, 4) is 0 Å². The lowest BCUT2D eigenvalue weighted by Crippen LogP contribution is -2.08. The monoisotopic (exact) mass is 224 g/mol. The van der Waals surface area contributed by atoms with Crippen LogP contribution in [0.3, 0.4) is 0 Å². The highest BCUT2D eigenvalue weighted by Gasteiger charge is 1.93. The molecule has 62 valence electrons. The number of rotatable bonds is 6. The molecule has 0 heterocycles. The molecule has 0 atom stereocenters. The molecular formula is C7H17BrOSi. The lowest BCUT2D eigenvalue weighted by atomic mass is 10.3. The van der Waals surface area contributed by atoms with Crippen molar-refractivity contribution in [2.75, 3.05) is 11.9 Å². The first-order valence-corrected chi connectivity index (χ1v) is 7.85. The molecule has 0 radical (unpaired) electrons. The second-order valence-corrected chi connectivity index (χ2v) is 5.89. The Morgan fingerprint density at radius 2 is 1.90 bits per heavy atom. The van der Waals surface area contributed by atoms with Gasteiger partial charge in [-0.15, -0.1) is 0 Å². The van der Waals surface area contributed by atoms with Gasteiger partial charge in [0, 0.05) is 11.9 Å². The molecule has 0 aliphatic rings. The van der Waals surface area contributed by atoms with Crippen LogP contribution in [0.4, 0.5) is 0 Å². The smallest absolute Gasteiger partial charge is 0.170 e. The van der Waals surface area contributed by atoms with Crippen LogP contribution in [0.1, 0.15) is 19.3 Å². The molecule has 0 saturated heterocycles. The maximum Gasteiger partial charge on any atom is 0.170 e. The van der Waals surface area contributed by atoms with Crippen molar-refractivity contribution in [2.24, 2.45) is 0 Å². The van der Waals surface area contributed by atoms with Gasteiger partial charge in [-0.25, -0.2) is 0 Å². The highest BCUT2D eigenvalue weighted by Crippen LogP contribution is 1.99. The molecule has 0 N–H and O–H groups in total. The molecule has 0 saturated carbocycles. The summed E-state index contributed by atoms with van der Waals surface area (Å²) in [5.41, 5.74) is 0. The van der Waals surface area contributed by atoms with Gasteiger partial charge in [0.25, 0.3) is 0 Å². The summed E-state index contributed by atoms with van der Waals surface area (Å²) in [4.78, 5) is 0. The van der Waals surface area contributed by atoms with E-state index in [4.69, 9.17) is 4.43 Å². The standard InChI is InChI=1S/C7H17BrOSi/c1-10(2)9-7-5-3-4-6-8/h10H,3-7H2,1-2H3. The minimum absolute atomic E-state index is 0.734. The SMILES string of the molecule is C[SiH](C)OCCCCCBr. The van der Waals surface area contributed by atoms with Crippen LogP contribution in [0.15, 0.2) is 0 Å². The van der Waals surface area contributed by atoms with Crippen molar-refractivity contribution in [3.05, 3.63) is 0 Å². The fourth-order valence-electron chi connectivity index (χ4n) is 0.692. The average molecular weight is 225 g/mol. The van der Waals surface area contributed by atoms with Gasteiger partial charge in [-0.05, 0) is 25.9 Å². The Labute approximate surface area is 74.0 Å². The van der Waals surface area contributed by atoms with Gasteiger partial charge in [0.15, 0.2) is 9.04 Å². The van der Waals surface area contributed by atoms with Gasteiger partial charge in [0.1, 0.15) is 0 Å². The van der Waals surface area contributed by atoms with Crippen molar-refractivity contribution in [1.29, 1.82) is 0 Å². The van der Waals surface area contributed by atoms with Crippen LogP contribution in [-0.4, -0.2) is 21.0 Å². The van der Waals surface area contributed by atoms with Gasteiger partial charge in [-0.2, -0.15) is 0 Å². The number of alkyl halides is 1. The van der Waals surface area contributed by atoms with E-state index in [0.717, 1.165) is 11.9 Å². The molecule has 0 spiro atoms. The average Bonchev–Trinajstić information content (AvgIpc) is 1.87. The highest BCUT2D eigenvalue weighted by molar-refractivity contribution is 9.09. The fraction of sp³-hybridized carbons (Fsp3) is 1.00. The molecule has 0 bridgehead atoms. The molecule has 0 rings (SSSR count). The third kappa shape index (κ3) is 8.66. The topological polar surface area (TPSA) is 9.23 Å². The van der Waals surface area contributed by atoms with E-state index in [1.165, 1.54) is 19.3 Å². The van der Waals surface area contributed by atoms with Crippen LogP contribution in [0.25, 0.3) is 0 Å². The molecule has 0 aliphatic carbocycles. The largest absolute Gasteiger partial charge is 0.421 e. The minimum Gasteiger partial charge on any atom is -0.421 e. The lowest BCUT2D eigenvalue weighted by Gasteiger charge is -2.04. The first-order valence-electron chi connectivity index (χ1n) is 3.95. The fourth-order valence-corrected chi connectivity index (χ4v) is 1.73. The van der Waals surface area contributed by atoms with E-state index < -0.39 is 9.04 Å². The third-order valence-corrected chi connectivity index (χ3v) is 2.69. The Morgan fingerprint density at radius 3 is 2.40 bits per heavy atom. The maximum atomic E-state index is 5.51. The number of unbranched alkanes of at least 4 members (excludes halogenated alkanes) is 2. The highest BCUT2D eigenvalue weighted by atomic mass is 79.9. The van der Waals surface area contributed by atoms with Gasteiger partial charge >= 0.3 is 0 Å². The summed E-state index contributed by atoms with van der Waals surface area (Å²) in [5.74, 6) is 0. The van der Waals surface area contributed by atoms with E-state index in [2.05, 4.69) is 29.0 Å². The molecule has 0 unspecified atom stereocenters. The zero-order valence-electron chi connectivity index (χ0n) is 6.90. The van der Waals surface area contributed by atoms with Crippen molar-refractivity contribution in [1.82, 2.24) is 0 Å². The lowest BCUT2D eigenvalue weighted by molar-refractivity contribution is 0.314. The minimum atomic E-state index is -0.734. The number of hydrogen-bond acceptors (Lipinski definition) is 1. The molecule has 3 heteroatoms. The van der Waals surface area contributed by atoms with E-state index in [0.29, 0.717) is 0 Å². The summed E-state index contributed by atoms with van der Waals surface area (Å²) < 4.78 is 5.51. The van der Waals surface area contributed by atoms with Gasteiger partial charge in [-0.3, -0.25) is 0 Å². The number of hydrogen-bond donors (Lipinski definition) is 0. The Kier molecular flexibility index (Phi) is 8.27. The van der Waals surface area contributed by atoms with Crippen LogP contribution in [0.5, 0.6) is 0 Å². The van der Waals surface area contributed by atoms with Gasteiger partial charge in [-0.1, -0.05) is 22.4 Å². The summed E-state index contributed by atoms with van der Waals surface area (Å²) in [7, 11) is -0.734. The summed E-state index contributed by atoms with van der Waals surface area (Å²) in [6, 6.07) is 0. The maximum absolute atomic E-state index is 5.51. The molecular weight excluding hydrogens is 208 g/mol. The van der Waals surface area contributed by atoms with Crippen LogP contribution in [0.2, 0.25) is 13.1 Å². The van der Waals surface area contributed by atoms with Crippen LogP contribution < -0.4 is 0 Å². The first kappa shape index (κ1) is 10.7. The predicted octanol–water partition coefficient (Wildman–Crippen LogP) is 2.55. The zero-order chi connectivity index (χ0) is 7.82. The van der Waals surface area contributed by atoms with E-state index in [-0.39, 0.29) is 0 Å². The summed E-state index contributed by atoms with van der Waals surface area (Å²) in [6.45, 7) is 5.41. The van der Waals surface area contributed by atoms with Crippen molar-refractivity contribution >= 4 is 25.0 Å². The normalized spacial score (nSPS) is 10.8. The molecule has 0 aromatic rings. The molecule has 0 fully saturated rings. The van der Waals surface area contributed by atoms with Crippen LogP contribution >= 0.6 is 15.9 Å². The second-order valence-electron chi connectivity index (χ2n) is 2.67. The zero-order valence-corrected chi connectivity index (χ0v) is 9.64. The Morgan fingerprint density at radius 1 is 1.20 bits per heavy atom. The van der Waals surface area contributed by atoms with E-state index >= 15 is 0 Å². The van der Waals surface area contributed by atoms with E-state index in [1.54, 1.807) is 0 Å². The Balaban J connectivity index is 2.77. The Hall–Kier alpha value is 0.657. The number of halogens is 1. The predicted molar refractivity (Wildman–Crippen MR) is 52.5 cm³/mol. The van der Waals surface area contributed by atoms with Crippen LogP contribution in [-0.2, 0) is 4.43 Å². The Bertz CT molecular complexity index is 68.6. The summed E-state index contributed by atoms with van der Waals surface area (Å²) in [5, 5.41) is 1.13. The molecule has 1 nitrogen and oxygen atoms in total.